The standard InChI is InChI=1S/C24H20Cl3IN2O3/c1-2-32-22-10-16(13-29-30-23(31)11-15-3-6-18(25)7-4-15)9-21(28)24(22)33-14-17-5-8-19(26)12-20(17)27/h3-10,12-13H,2,11,14H2,1H3,(H,30,31)/b29-13-. The van der Waals surface area contributed by atoms with Crippen molar-refractivity contribution in [1.29, 1.82) is 0 Å². The summed E-state index contributed by atoms with van der Waals surface area (Å²) in [7, 11) is 0. The summed E-state index contributed by atoms with van der Waals surface area (Å²) in [6.07, 6.45) is 1.76. The van der Waals surface area contributed by atoms with Gasteiger partial charge in [-0.2, -0.15) is 5.10 Å². The second kappa shape index (κ2) is 12.5. The van der Waals surface area contributed by atoms with Gasteiger partial charge in [0.05, 0.1) is 22.8 Å². The number of carbonyl (C=O) groups excluding carboxylic acids is 1. The fourth-order valence-electron chi connectivity index (χ4n) is 2.86. The van der Waals surface area contributed by atoms with Crippen molar-refractivity contribution in [3.05, 3.63) is 89.9 Å². The number of ether oxygens (including phenoxy) is 2. The highest BCUT2D eigenvalue weighted by Crippen LogP contribution is 2.35. The molecule has 0 saturated carbocycles. The lowest BCUT2D eigenvalue weighted by Gasteiger charge is -2.15. The molecule has 1 N–H and O–H groups in total. The van der Waals surface area contributed by atoms with Crippen molar-refractivity contribution in [1.82, 2.24) is 5.43 Å². The number of hydrogen-bond donors (Lipinski definition) is 1. The third kappa shape index (κ3) is 7.78. The maximum Gasteiger partial charge on any atom is 0.244 e. The topological polar surface area (TPSA) is 59.9 Å². The quantitative estimate of drug-likeness (QED) is 0.161. The molecule has 3 aromatic rings. The molecule has 0 aliphatic heterocycles. The van der Waals surface area contributed by atoms with Gasteiger partial charge in [-0.25, -0.2) is 5.43 Å². The molecule has 33 heavy (non-hydrogen) atoms. The first-order chi connectivity index (χ1) is 15.9. The fourth-order valence-corrected chi connectivity index (χ4v) is 4.23. The summed E-state index contributed by atoms with van der Waals surface area (Å²) in [6.45, 7) is 2.62. The first-order valence-corrected chi connectivity index (χ1v) is 12.2. The normalized spacial score (nSPS) is 10.9. The molecule has 9 heteroatoms. The first kappa shape index (κ1) is 25.6. The number of nitrogens with one attached hydrogen (secondary N) is 1. The highest BCUT2D eigenvalue weighted by Gasteiger charge is 2.13. The second-order valence-corrected chi connectivity index (χ2v) is 9.33. The van der Waals surface area contributed by atoms with Crippen LogP contribution in [0.1, 0.15) is 23.6 Å². The molecule has 172 valence electrons. The van der Waals surface area contributed by atoms with Gasteiger partial charge in [0.15, 0.2) is 11.5 Å². The molecule has 0 aromatic heterocycles. The Morgan fingerprint density at radius 3 is 2.45 bits per heavy atom. The highest BCUT2D eigenvalue weighted by molar-refractivity contribution is 14.1. The van der Waals surface area contributed by atoms with Gasteiger partial charge < -0.3 is 9.47 Å². The molecule has 3 aromatic carbocycles. The lowest BCUT2D eigenvalue weighted by molar-refractivity contribution is -0.120. The van der Waals surface area contributed by atoms with E-state index in [1.165, 1.54) is 0 Å². The second-order valence-electron chi connectivity index (χ2n) is 6.88. The summed E-state index contributed by atoms with van der Waals surface area (Å²) in [5, 5.41) is 5.79. The zero-order chi connectivity index (χ0) is 23.8. The molecule has 0 bridgehead atoms. The van der Waals surface area contributed by atoms with Gasteiger partial charge in [-0.1, -0.05) is 53.0 Å². The van der Waals surface area contributed by atoms with Gasteiger partial charge in [0, 0.05) is 20.6 Å². The van der Waals surface area contributed by atoms with Crippen LogP contribution in [-0.4, -0.2) is 18.7 Å². The SMILES string of the molecule is CCOc1cc(/C=N\NC(=O)Cc2ccc(Cl)cc2)cc(I)c1OCc1ccc(Cl)cc1Cl. The largest absolute Gasteiger partial charge is 0.490 e. The van der Waals surface area contributed by atoms with Crippen molar-refractivity contribution in [2.45, 2.75) is 20.0 Å². The monoisotopic (exact) mass is 616 g/mol. The van der Waals surface area contributed by atoms with Crippen LogP contribution in [0.3, 0.4) is 0 Å². The van der Waals surface area contributed by atoms with E-state index in [9.17, 15) is 4.79 Å². The Morgan fingerprint density at radius 1 is 1.03 bits per heavy atom. The van der Waals surface area contributed by atoms with Crippen LogP contribution < -0.4 is 14.9 Å². The summed E-state index contributed by atoms with van der Waals surface area (Å²) in [6, 6.07) is 16.1. The number of carbonyl (C=O) groups is 1. The zero-order valence-electron chi connectivity index (χ0n) is 17.6. The van der Waals surface area contributed by atoms with E-state index in [0.29, 0.717) is 33.2 Å². The molecule has 1 amide bonds. The summed E-state index contributed by atoms with van der Waals surface area (Å²) in [5.41, 5.74) is 4.95. The smallest absolute Gasteiger partial charge is 0.244 e. The Balaban J connectivity index is 1.67. The van der Waals surface area contributed by atoms with Crippen LogP contribution in [0, 0.1) is 3.57 Å². The lowest BCUT2D eigenvalue weighted by atomic mass is 10.1. The van der Waals surface area contributed by atoms with Crippen LogP contribution >= 0.6 is 57.4 Å². The van der Waals surface area contributed by atoms with Crippen molar-refractivity contribution >= 4 is 69.5 Å². The predicted molar refractivity (Wildman–Crippen MR) is 142 cm³/mol. The van der Waals surface area contributed by atoms with Gasteiger partial charge >= 0.3 is 0 Å². The fraction of sp³-hybridized carbons (Fsp3) is 0.167. The van der Waals surface area contributed by atoms with E-state index >= 15 is 0 Å². The third-order valence-corrected chi connectivity index (χ3v) is 6.04. The molecule has 0 heterocycles. The Labute approximate surface area is 221 Å². The van der Waals surface area contributed by atoms with Gasteiger partial charge in [0.25, 0.3) is 0 Å². The third-order valence-electron chi connectivity index (χ3n) is 4.40. The Morgan fingerprint density at radius 2 is 1.76 bits per heavy atom. The average molecular weight is 618 g/mol. The summed E-state index contributed by atoms with van der Waals surface area (Å²) in [5.74, 6) is 0.948. The van der Waals surface area contributed by atoms with E-state index in [4.69, 9.17) is 44.3 Å². The molecule has 0 aliphatic carbocycles. The van der Waals surface area contributed by atoms with Crippen molar-refractivity contribution in [3.8, 4) is 11.5 Å². The van der Waals surface area contributed by atoms with E-state index in [-0.39, 0.29) is 18.9 Å². The minimum atomic E-state index is -0.229. The average Bonchev–Trinajstić information content (AvgIpc) is 2.76. The number of nitrogens with zero attached hydrogens (tertiary/aromatic N) is 1. The van der Waals surface area contributed by atoms with E-state index in [2.05, 4.69) is 33.1 Å². The number of rotatable bonds is 9. The molecule has 0 unspecified atom stereocenters. The van der Waals surface area contributed by atoms with Crippen molar-refractivity contribution < 1.29 is 14.3 Å². The minimum absolute atomic E-state index is 0.205. The lowest BCUT2D eigenvalue weighted by Crippen LogP contribution is -2.19. The minimum Gasteiger partial charge on any atom is -0.490 e. The number of benzene rings is 3. The number of amides is 1. The van der Waals surface area contributed by atoms with Crippen LogP contribution in [0.4, 0.5) is 0 Å². The molecular weight excluding hydrogens is 598 g/mol. The Bertz CT molecular complexity index is 1150. The Kier molecular flexibility index (Phi) is 9.67. The van der Waals surface area contributed by atoms with Crippen molar-refractivity contribution in [2.24, 2.45) is 5.10 Å². The van der Waals surface area contributed by atoms with E-state index in [1.807, 2.05) is 19.1 Å². The van der Waals surface area contributed by atoms with E-state index in [0.717, 1.165) is 20.3 Å². The maximum atomic E-state index is 12.1. The van der Waals surface area contributed by atoms with Crippen LogP contribution in [-0.2, 0) is 17.8 Å². The van der Waals surface area contributed by atoms with Gasteiger partial charge in [-0.05, 0) is 77.0 Å². The van der Waals surface area contributed by atoms with E-state index < -0.39 is 0 Å². The van der Waals surface area contributed by atoms with Crippen LogP contribution in [0.5, 0.6) is 11.5 Å². The molecular formula is C24H20Cl3IN2O3. The van der Waals surface area contributed by atoms with Crippen molar-refractivity contribution in [3.63, 3.8) is 0 Å². The summed E-state index contributed by atoms with van der Waals surface area (Å²) < 4.78 is 12.6. The van der Waals surface area contributed by atoms with Crippen LogP contribution in [0.25, 0.3) is 0 Å². The molecule has 0 fully saturated rings. The number of hydrazone groups is 1. The van der Waals surface area contributed by atoms with Gasteiger partial charge in [0.1, 0.15) is 6.61 Å². The highest BCUT2D eigenvalue weighted by atomic mass is 127. The van der Waals surface area contributed by atoms with Crippen LogP contribution in [0.15, 0.2) is 59.7 Å². The number of halogens is 4. The molecule has 0 spiro atoms. The van der Waals surface area contributed by atoms with E-state index in [1.54, 1.807) is 48.7 Å². The van der Waals surface area contributed by atoms with Gasteiger partial charge in [-0.3, -0.25) is 4.79 Å². The number of hydrogen-bond acceptors (Lipinski definition) is 4. The first-order valence-electron chi connectivity index (χ1n) is 9.95. The molecule has 0 atom stereocenters. The summed E-state index contributed by atoms with van der Waals surface area (Å²) in [4.78, 5) is 12.1. The Hall–Kier alpha value is -2.00. The zero-order valence-corrected chi connectivity index (χ0v) is 22.0. The maximum absolute atomic E-state index is 12.1. The van der Waals surface area contributed by atoms with Crippen molar-refractivity contribution in [2.75, 3.05) is 6.61 Å². The van der Waals surface area contributed by atoms with Gasteiger partial charge in [-0.15, -0.1) is 0 Å². The molecule has 5 nitrogen and oxygen atoms in total. The predicted octanol–water partition coefficient (Wildman–Crippen LogP) is 6.92. The molecule has 0 saturated heterocycles. The summed E-state index contributed by atoms with van der Waals surface area (Å²) >= 11 is 20.2. The molecule has 3 rings (SSSR count). The van der Waals surface area contributed by atoms with Crippen LogP contribution in [0.2, 0.25) is 15.1 Å². The van der Waals surface area contributed by atoms with Gasteiger partial charge in [0.2, 0.25) is 5.91 Å². The molecule has 0 radical (unpaired) electrons. The molecule has 0 aliphatic rings.